The number of hydrogen-bond acceptors (Lipinski definition) is 4. The molecule has 3 aliphatic carbocycles. The number of hydrogen-bond donors (Lipinski definition) is 0. The Labute approximate surface area is 208 Å². The average Bonchev–Trinajstić information content (AvgIpc) is 3.23. The van der Waals surface area contributed by atoms with Gasteiger partial charge in [0.15, 0.2) is 0 Å². The summed E-state index contributed by atoms with van der Waals surface area (Å²) in [5, 5.41) is 1.82. The Morgan fingerprint density at radius 3 is 1.86 bits per heavy atom. The van der Waals surface area contributed by atoms with Crippen molar-refractivity contribution >= 4 is 11.9 Å². The summed E-state index contributed by atoms with van der Waals surface area (Å²) in [4.78, 5) is 26.3. The van der Waals surface area contributed by atoms with Crippen LogP contribution in [0.4, 0.5) is 8.78 Å². The third-order valence-corrected chi connectivity index (χ3v) is 12.3. The second kappa shape index (κ2) is 9.83. The fourth-order valence-corrected chi connectivity index (χ4v) is 10.3. The second-order valence-corrected chi connectivity index (χ2v) is 14.6. The Bertz CT molecular complexity index is 1160. The van der Waals surface area contributed by atoms with Gasteiger partial charge < -0.3 is 0 Å². The molecule has 35 heavy (non-hydrogen) atoms. The van der Waals surface area contributed by atoms with Gasteiger partial charge in [0.2, 0.25) is 0 Å². The third-order valence-electron chi connectivity index (χ3n) is 7.46. The topological polar surface area (TPSA) is 52.6 Å². The second-order valence-electron chi connectivity index (χ2n) is 9.72. The van der Waals surface area contributed by atoms with Crippen LogP contribution in [0.2, 0.25) is 9.45 Å². The van der Waals surface area contributed by atoms with Gasteiger partial charge in [-0.15, -0.1) is 0 Å². The molecule has 0 spiro atoms. The predicted molar refractivity (Wildman–Crippen MR) is 124 cm³/mol. The van der Waals surface area contributed by atoms with Crippen molar-refractivity contribution < 1.29 is 42.4 Å². The van der Waals surface area contributed by atoms with Crippen molar-refractivity contribution in [2.24, 2.45) is 0 Å². The van der Waals surface area contributed by atoms with Gasteiger partial charge in [-0.05, 0) is 0 Å². The molecule has 0 heterocycles. The maximum atomic E-state index is 13.4. The number of carbonyl (C=O) groups excluding carboxylic acids is 2. The SMILES string of the molecule is [CH3][Ti]([O]C(=O)c1ccc(F)cc1)([O]C(=O)c1ccc(F)cc1)[CH]1CCCC2=C1CC1=C2CCCC1. The summed E-state index contributed by atoms with van der Waals surface area (Å²) < 4.78 is 39.0. The predicted octanol–water partition coefficient (Wildman–Crippen LogP) is 7.55. The van der Waals surface area contributed by atoms with Crippen LogP contribution in [0.5, 0.6) is 0 Å². The zero-order chi connectivity index (χ0) is 24.6. The molecule has 0 bridgehead atoms. The molecule has 1 unspecified atom stereocenters. The van der Waals surface area contributed by atoms with E-state index in [1.807, 2.05) is 5.23 Å². The van der Waals surface area contributed by atoms with Gasteiger partial charge >= 0.3 is 209 Å². The van der Waals surface area contributed by atoms with Crippen molar-refractivity contribution in [3.05, 3.63) is 93.6 Å². The molecule has 0 amide bonds. The van der Waals surface area contributed by atoms with E-state index >= 15 is 0 Å². The van der Waals surface area contributed by atoms with Crippen LogP contribution < -0.4 is 0 Å². The molecule has 4 nitrogen and oxygen atoms in total. The van der Waals surface area contributed by atoms with Crippen LogP contribution in [-0.4, -0.2) is 11.9 Å². The molecule has 5 rings (SSSR count). The molecule has 0 saturated heterocycles. The first-order chi connectivity index (χ1) is 16.8. The minimum atomic E-state index is -4.16. The van der Waals surface area contributed by atoms with Gasteiger partial charge in [-0.25, -0.2) is 0 Å². The zero-order valence-corrected chi connectivity index (χ0v) is 21.3. The summed E-state index contributed by atoms with van der Waals surface area (Å²) in [6, 6.07) is 10.4. The van der Waals surface area contributed by atoms with Crippen molar-refractivity contribution in [2.75, 3.05) is 0 Å². The number of rotatable bonds is 5. The normalized spacial score (nSPS) is 19.8. The van der Waals surface area contributed by atoms with E-state index in [2.05, 4.69) is 0 Å². The van der Waals surface area contributed by atoms with Crippen molar-refractivity contribution in [3.63, 3.8) is 0 Å². The van der Waals surface area contributed by atoms with E-state index in [1.165, 1.54) is 83.7 Å². The maximum absolute atomic E-state index is 13.4. The van der Waals surface area contributed by atoms with E-state index in [0.29, 0.717) is 0 Å². The molecule has 1 atom stereocenters. The monoisotopic (exact) mass is 514 g/mol. The molecule has 0 fully saturated rings. The van der Waals surface area contributed by atoms with Crippen molar-refractivity contribution in [1.82, 2.24) is 0 Å². The van der Waals surface area contributed by atoms with Gasteiger partial charge in [0.25, 0.3) is 0 Å². The molecule has 2 aromatic carbocycles. The summed E-state index contributed by atoms with van der Waals surface area (Å²) in [6.07, 6.45) is 8.21. The Morgan fingerprint density at radius 2 is 1.29 bits per heavy atom. The number of benzene rings is 2. The quantitative estimate of drug-likeness (QED) is 0.387. The molecule has 3 aliphatic rings. The Morgan fingerprint density at radius 1 is 0.771 bits per heavy atom. The zero-order valence-electron chi connectivity index (χ0n) is 19.7. The molecule has 0 aromatic heterocycles. The van der Waals surface area contributed by atoms with E-state index in [-0.39, 0.29) is 15.3 Å². The molecular weight excluding hydrogens is 486 g/mol. The van der Waals surface area contributed by atoms with Gasteiger partial charge in [-0.1, -0.05) is 0 Å². The van der Waals surface area contributed by atoms with E-state index < -0.39 is 40.9 Å². The molecule has 2 aromatic rings. The van der Waals surface area contributed by atoms with Crippen LogP contribution in [0.25, 0.3) is 0 Å². The van der Waals surface area contributed by atoms with Gasteiger partial charge in [0, 0.05) is 0 Å². The molecule has 7 heteroatoms. The number of carbonyl (C=O) groups is 2. The summed E-state index contributed by atoms with van der Waals surface area (Å²) in [7, 11) is 0. The molecule has 0 radical (unpaired) electrons. The number of allylic oxidation sites excluding steroid dienone is 4. The minimum absolute atomic E-state index is 0.113. The van der Waals surface area contributed by atoms with Gasteiger partial charge in [-0.3, -0.25) is 0 Å². The fourth-order valence-electron chi connectivity index (χ4n) is 5.76. The fraction of sp³-hybridized carbons (Fsp3) is 0.357. The standard InChI is InChI=1S/C13H17.2C7H5FO2.CH3.Ti/c1-3-7-12-10(5-1)9-11-6-2-4-8-13(11)12;2*8-6-3-1-5(2-4-6)7(9)10;;/h5H,1-4,6-9H2;2*1-4H,(H,9,10);1H3;/q;;;;+2/p-2. The van der Waals surface area contributed by atoms with Crippen LogP contribution in [-0.2, 0) is 24.0 Å². The summed E-state index contributed by atoms with van der Waals surface area (Å²) in [6.45, 7) is 0. The van der Waals surface area contributed by atoms with Crippen LogP contribution >= 0.6 is 0 Å². The van der Waals surface area contributed by atoms with Crippen LogP contribution in [0, 0.1) is 11.6 Å². The van der Waals surface area contributed by atoms with Crippen LogP contribution in [0.1, 0.15) is 72.1 Å². The summed E-state index contributed by atoms with van der Waals surface area (Å²) in [5.41, 5.74) is 6.08. The molecule has 182 valence electrons. The summed E-state index contributed by atoms with van der Waals surface area (Å²) in [5.74, 6) is -2.11. The first-order valence-electron chi connectivity index (χ1n) is 12.2. The van der Waals surface area contributed by atoms with Crippen molar-refractivity contribution in [1.29, 1.82) is 0 Å². The van der Waals surface area contributed by atoms with Crippen LogP contribution in [0.15, 0.2) is 70.8 Å². The number of fused-ring (bicyclic) bond motifs is 1. The molecular formula is C28H28F2O4Ti. The van der Waals surface area contributed by atoms with Gasteiger partial charge in [-0.2, -0.15) is 0 Å². The van der Waals surface area contributed by atoms with E-state index in [4.69, 9.17) is 6.64 Å². The first-order valence-corrected chi connectivity index (χ1v) is 16.0. The van der Waals surface area contributed by atoms with Crippen molar-refractivity contribution in [3.8, 4) is 0 Å². The van der Waals surface area contributed by atoms with E-state index in [9.17, 15) is 18.4 Å². The van der Waals surface area contributed by atoms with E-state index in [1.54, 1.807) is 0 Å². The molecule has 0 N–H and O–H groups in total. The van der Waals surface area contributed by atoms with E-state index in [0.717, 1.165) is 38.5 Å². The van der Waals surface area contributed by atoms with Crippen LogP contribution in [0.3, 0.4) is 0 Å². The van der Waals surface area contributed by atoms with Gasteiger partial charge in [0.05, 0.1) is 0 Å². The average molecular weight is 514 g/mol. The summed E-state index contributed by atoms with van der Waals surface area (Å²) >= 11 is -4.16. The Kier molecular flexibility index (Phi) is 6.78. The van der Waals surface area contributed by atoms with Gasteiger partial charge in [0.1, 0.15) is 0 Å². The molecule has 0 saturated carbocycles. The number of halogens is 2. The third kappa shape index (κ3) is 4.92. The first kappa shape index (κ1) is 24.1. The van der Waals surface area contributed by atoms with Crippen molar-refractivity contribution in [2.45, 2.75) is 60.8 Å². The Hall–Kier alpha value is -2.57. The Balaban J connectivity index is 1.48. The molecule has 0 aliphatic heterocycles.